The van der Waals surface area contributed by atoms with Gasteiger partial charge in [0.25, 0.3) is 0 Å². The third-order valence-electron chi connectivity index (χ3n) is 2.61. The second-order valence-corrected chi connectivity index (χ2v) is 6.41. The Kier molecular flexibility index (Phi) is 3.97. The van der Waals surface area contributed by atoms with E-state index < -0.39 is 0 Å². The van der Waals surface area contributed by atoms with E-state index in [-0.39, 0.29) is 5.82 Å². The van der Waals surface area contributed by atoms with E-state index in [1.807, 2.05) is 11.8 Å². The minimum absolute atomic E-state index is 0.203. The van der Waals surface area contributed by atoms with Crippen LogP contribution in [0, 0.1) is 11.7 Å². The second kappa shape index (κ2) is 5.07. The predicted octanol–water partition coefficient (Wildman–Crippen LogP) is 4.15. The van der Waals surface area contributed by atoms with Crippen molar-refractivity contribution in [2.75, 3.05) is 11.5 Å². The van der Waals surface area contributed by atoms with Gasteiger partial charge in [0.1, 0.15) is 5.82 Å². The van der Waals surface area contributed by atoms with Gasteiger partial charge in [-0.25, -0.2) is 4.39 Å². The molecule has 0 nitrogen and oxygen atoms in total. The summed E-state index contributed by atoms with van der Waals surface area (Å²) >= 11 is 11.6. The lowest BCUT2D eigenvalue weighted by Crippen LogP contribution is -2.14. The van der Waals surface area contributed by atoms with Crippen molar-refractivity contribution in [2.45, 2.75) is 11.2 Å². The van der Waals surface area contributed by atoms with Crippen LogP contribution in [0.15, 0.2) is 18.2 Å². The van der Waals surface area contributed by atoms with Crippen molar-refractivity contribution in [3.05, 3.63) is 34.6 Å². The summed E-state index contributed by atoms with van der Waals surface area (Å²) in [4.78, 5) is 0.529. The van der Waals surface area contributed by atoms with E-state index in [1.165, 1.54) is 6.07 Å². The third-order valence-corrected chi connectivity index (χ3v) is 5.74. The van der Waals surface area contributed by atoms with Crippen LogP contribution in [0.5, 0.6) is 0 Å². The summed E-state index contributed by atoms with van der Waals surface area (Å²) in [6.45, 7) is 0. The standard InChI is InChI=1S/C11H11BrClFS/c12-10-6-15-5-8(10)3-7-4-9(14)1-2-11(7)13/h1-2,4,8,10H,3,5-6H2. The molecule has 2 unspecified atom stereocenters. The Bertz CT molecular complexity index is 358. The maximum absolute atomic E-state index is 13.0. The molecule has 0 aromatic heterocycles. The van der Waals surface area contributed by atoms with Crippen LogP contribution in [0.2, 0.25) is 5.02 Å². The Morgan fingerprint density at radius 2 is 2.27 bits per heavy atom. The molecule has 0 N–H and O–H groups in total. The Labute approximate surface area is 107 Å². The van der Waals surface area contributed by atoms with Crippen molar-refractivity contribution >= 4 is 39.3 Å². The summed E-state index contributed by atoms with van der Waals surface area (Å²) in [6.07, 6.45) is 0.861. The first kappa shape index (κ1) is 11.7. The minimum Gasteiger partial charge on any atom is -0.207 e. The molecule has 1 saturated heterocycles. The molecule has 2 rings (SSSR count). The highest BCUT2D eigenvalue weighted by molar-refractivity contribution is 9.09. The highest BCUT2D eigenvalue weighted by Gasteiger charge is 2.26. The van der Waals surface area contributed by atoms with Gasteiger partial charge in [-0.05, 0) is 41.9 Å². The second-order valence-electron chi connectivity index (χ2n) is 3.75. The van der Waals surface area contributed by atoms with Gasteiger partial charge in [-0.2, -0.15) is 11.8 Å². The van der Waals surface area contributed by atoms with Crippen LogP contribution >= 0.6 is 39.3 Å². The minimum atomic E-state index is -0.203. The van der Waals surface area contributed by atoms with E-state index >= 15 is 0 Å². The molecule has 4 heteroatoms. The summed E-state index contributed by atoms with van der Waals surface area (Å²) < 4.78 is 13.0. The Hall–Kier alpha value is 0.270. The lowest BCUT2D eigenvalue weighted by atomic mass is 9.99. The fraction of sp³-hybridized carbons (Fsp3) is 0.455. The zero-order valence-corrected chi connectivity index (χ0v) is 11.2. The molecule has 2 atom stereocenters. The van der Waals surface area contributed by atoms with Gasteiger partial charge in [0, 0.05) is 15.6 Å². The lowest BCUT2D eigenvalue weighted by Gasteiger charge is -2.13. The first-order valence-electron chi connectivity index (χ1n) is 4.82. The van der Waals surface area contributed by atoms with Gasteiger partial charge in [0.2, 0.25) is 0 Å². The Morgan fingerprint density at radius 3 is 2.93 bits per heavy atom. The molecule has 0 radical (unpaired) electrons. The molecular weight excluding hydrogens is 299 g/mol. The molecule has 1 aromatic rings. The monoisotopic (exact) mass is 308 g/mol. The molecule has 0 aliphatic carbocycles. The van der Waals surface area contributed by atoms with Gasteiger partial charge < -0.3 is 0 Å². The molecule has 0 saturated carbocycles. The number of alkyl halides is 1. The van der Waals surface area contributed by atoms with Crippen LogP contribution in [0.25, 0.3) is 0 Å². The van der Waals surface area contributed by atoms with Gasteiger partial charge in [0.05, 0.1) is 0 Å². The van der Waals surface area contributed by atoms with Gasteiger partial charge >= 0.3 is 0 Å². The molecule has 1 fully saturated rings. The number of thioether (sulfide) groups is 1. The van der Waals surface area contributed by atoms with Crippen molar-refractivity contribution in [2.24, 2.45) is 5.92 Å². The normalized spacial score (nSPS) is 25.8. The van der Waals surface area contributed by atoms with E-state index in [1.54, 1.807) is 12.1 Å². The first-order valence-corrected chi connectivity index (χ1v) is 7.27. The van der Waals surface area contributed by atoms with Gasteiger partial charge in [-0.15, -0.1) is 0 Å². The molecule has 1 heterocycles. The van der Waals surface area contributed by atoms with Crippen LogP contribution in [-0.4, -0.2) is 16.3 Å². The van der Waals surface area contributed by atoms with Gasteiger partial charge in [-0.3, -0.25) is 0 Å². The number of benzene rings is 1. The smallest absolute Gasteiger partial charge is 0.123 e. The summed E-state index contributed by atoms with van der Waals surface area (Å²) in [6, 6.07) is 4.59. The molecule has 1 aliphatic heterocycles. The average Bonchev–Trinajstić information content (AvgIpc) is 2.58. The number of rotatable bonds is 2. The largest absolute Gasteiger partial charge is 0.207 e. The van der Waals surface area contributed by atoms with Crippen LogP contribution in [-0.2, 0) is 6.42 Å². The number of halogens is 3. The van der Waals surface area contributed by atoms with E-state index in [0.717, 1.165) is 23.5 Å². The Morgan fingerprint density at radius 1 is 1.47 bits per heavy atom. The topological polar surface area (TPSA) is 0 Å². The van der Waals surface area contributed by atoms with Crippen molar-refractivity contribution in [1.82, 2.24) is 0 Å². The molecule has 1 aliphatic rings. The van der Waals surface area contributed by atoms with Crippen LogP contribution in [0.1, 0.15) is 5.56 Å². The third kappa shape index (κ3) is 2.89. The molecule has 0 spiro atoms. The van der Waals surface area contributed by atoms with E-state index in [2.05, 4.69) is 15.9 Å². The molecule has 82 valence electrons. The lowest BCUT2D eigenvalue weighted by molar-refractivity contribution is 0.600. The summed E-state index contributed by atoms with van der Waals surface area (Å²) in [5.41, 5.74) is 0.925. The fourth-order valence-electron chi connectivity index (χ4n) is 1.74. The van der Waals surface area contributed by atoms with E-state index in [4.69, 9.17) is 11.6 Å². The van der Waals surface area contributed by atoms with Gasteiger partial charge in [-0.1, -0.05) is 27.5 Å². The van der Waals surface area contributed by atoms with E-state index in [0.29, 0.717) is 15.8 Å². The number of hydrogen-bond acceptors (Lipinski definition) is 1. The van der Waals surface area contributed by atoms with Crippen LogP contribution in [0.3, 0.4) is 0 Å². The Balaban J connectivity index is 2.12. The average molecular weight is 310 g/mol. The van der Waals surface area contributed by atoms with Crippen molar-refractivity contribution in [3.63, 3.8) is 0 Å². The molecule has 0 amide bonds. The van der Waals surface area contributed by atoms with Crippen molar-refractivity contribution < 1.29 is 4.39 Å². The van der Waals surface area contributed by atoms with Crippen molar-refractivity contribution in [1.29, 1.82) is 0 Å². The zero-order valence-electron chi connectivity index (χ0n) is 8.05. The highest BCUT2D eigenvalue weighted by atomic mass is 79.9. The highest BCUT2D eigenvalue weighted by Crippen LogP contribution is 2.33. The maximum atomic E-state index is 13.0. The summed E-state index contributed by atoms with van der Waals surface area (Å²) in [7, 11) is 0. The maximum Gasteiger partial charge on any atom is 0.123 e. The van der Waals surface area contributed by atoms with E-state index in [9.17, 15) is 4.39 Å². The first-order chi connectivity index (χ1) is 7.16. The van der Waals surface area contributed by atoms with Crippen LogP contribution in [0.4, 0.5) is 4.39 Å². The molecule has 0 bridgehead atoms. The fourth-order valence-corrected chi connectivity index (χ4v) is 4.40. The van der Waals surface area contributed by atoms with Crippen molar-refractivity contribution in [3.8, 4) is 0 Å². The zero-order chi connectivity index (χ0) is 10.8. The quantitative estimate of drug-likeness (QED) is 0.740. The summed E-state index contributed by atoms with van der Waals surface area (Å²) in [5, 5.41) is 0.674. The number of hydrogen-bond donors (Lipinski definition) is 0. The van der Waals surface area contributed by atoms with Crippen LogP contribution < -0.4 is 0 Å². The molecule has 1 aromatic carbocycles. The molecular formula is C11H11BrClFS. The summed E-state index contributed by atoms with van der Waals surface area (Å²) in [5.74, 6) is 2.63. The SMILES string of the molecule is Fc1ccc(Cl)c(CC2CSCC2Br)c1. The molecule has 15 heavy (non-hydrogen) atoms. The predicted molar refractivity (Wildman–Crippen MR) is 68.6 cm³/mol. The van der Waals surface area contributed by atoms with Gasteiger partial charge in [0.15, 0.2) is 0 Å².